The lowest BCUT2D eigenvalue weighted by atomic mass is 10.1. The summed E-state index contributed by atoms with van der Waals surface area (Å²) in [6.45, 7) is 4.83. The molecular formula is C16H18N4. The van der Waals surface area contributed by atoms with Crippen LogP contribution in [0.25, 0.3) is 22.6 Å². The first kappa shape index (κ1) is 12.8. The van der Waals surface area contributed by atoms with Crippen LogP contribution in [0.3, 0.4) is 0 Å². The summed E-state index contributed by atoms with van der Waals surface area (Å²) in [6.07, 6.45) is 1.81. The molecule has 2 aromatic heterocycles. The summed E-state index contributed by atoms with van der Waals surface area (Å²) in [5.74, 6) is 0.948. The Labute approximate surface area is 118 Å². The number of nitrogens with zero attached hydrogens (tertiary/aromatic N) is 3. The highest BCUT2D eigenvalue weighted by molar-refractivity contribution is 5.77. The summed E-state index contributed by atoms with van der Waals surface area (Å²) < 4.78 is 2.17. The molecule has 3 aromatic rings. The highest BCUT2D eigenvalue weighted by atomic mass is 15.1. The van der Waals surface area contributed by atoms with Crippen LogP contribution in [0.4, 0.5) is 0 Å². The molecule has 0 unspecified atom stereocenters. The van der Waals surface area contributed by atoms with Gasteiger partial charge in [0.2, 0.25) is 0 Å². The van der Waals surface area contributed by atoms with E-state index < -0.39 is 0 Å². The Morgan fingerprint density at radius 2 is 2.05 bits per heavy atom. The van der Waals surface area contributed by atoms with Crippen molar-refractivity contribution in [2.24, 2.45) is 5.73 Å². The molecule has 0 aliphatic carbocycles. The number of hydrogen-bond donors (Lipinski definition) is 1. The SMILES string of the molecule is CC(C)n1c(-c2cccc(CN)c2)nc2cccnc21. The maximum Gasteiger partial charge on any atom is 0.160 e. The van der Waals surface area contributed by atoms with Crippen molar-refractivity contribution in [2.75, 3.05) is 0 Å². The molecule has 0 amide bonds. The molecule has 0 saturated carbocycles. The fourth-order valence-electron chi connectivity index (χ4n) is 2.46. The summed E-state index contributed by atoms with van der Waals surface area (Å²) in [6, 6.07) is 12.4. The van der Waals surface area contributed by atoms with Gasteiger partial charge in [-0.25, -0.2) is 9.97 Å². The zero-order valence-electron chi connectivity index (χ0n) is 11.7. The molecule has 0 aliphatic heterocycles. The highest BCUT2D eigenvalue weighted by Gasteiger charge is 2.15. The molecule has 0 saturated heterocycles. The van der Waals surface area contributed by atoms with Gasteiger partial charge in [0.15, 0.2) is 5.65 Å². The van der Waals surface area contributed by atoms with Gasteiger partial charge in [-0.05, 0) is 37.6 Å². The van der Waals surface area contributed by atoms with Gasteiger partial charge < -0.3 is 10.3 Å². The topological polar surface area (TPSA) is 56.7 Å². The van der Waals surface area contributed by atoms with Crippen LogP contribution in [0, 0.1) is 0 Å². The molecule has 0 spiro atoms. The Balaban J connectivity index is 2.26. The Bertz CT molecular complexity index is 743. The zero-order chi connectivity index (χ0) is 14.1. The van der Waals surface area contributed by atoms with Crippen molar-refractivity contribution in [3.8, 4) is 11.4 Å². The van der Waals surface area contributed by atoms with Gasteiger partial charge in [0.25, 0.3) is 0 Å². The molecule has 0 atom stereocenters. The van der Waals surface area contributed by atoms with Crippen LogP contribution in [0.15, 0.2) is 42.6 Å². The Kier molecular flexibility index (Phi) is 3.24. The Morgan fingerprint density at radius 3 is 2.80 bits per heavy atom. The maximum atomic E-state index is 5.73. The monoisotopic (exact) mass is 266 g/mol. The van der Waals surface area contributed by atoms with E-state index in [1.54, 1.807) is 0 Å². The third kappa shape index (κ3) is 2.08. The summed E-state index contributed by atoms with van der Waals surface area (Å²) in [5, 5.41) is 0. The van der Waals surface area contributed by atoms with Crippen molar-refractivity contribution in [1.82, 2.24) is 14.5 Å². The van der Waals surface area contributed by atoms with Crippen molar-refractivity contribution in [3.05, 3.63) is 48.2 Å². The molecule has 1 aromatic carbocycles. The first-order chi connectivity index (χ1) is 9.70. The number of pyridine rings is 1. The van der Waals surface area contributed by atoms with E-state index in [2.05, 4.69) is 35.5 Å². The third-order valence-corrected chi connectivity index (χ3v) is 3.39. The van der Waals surface area contributed by atoms with E-state index in [0.717, 1.165) is 28.1 Å². The fourth-order valence-corrected chi connectivity index (χ4v) is 2.46. The lowest BCUT2D eigenvalue weighted by Crippen LogP contribution is -2.04. The van der Waals surface area contributed by atoms with Crippen LogP contribution in [0.1, 0.15) is 25.5 Å². The standard InChI is InChI=1S/C16H18N4/c1-11(2)20-15(13-6-3-5-12(9-13)10-17)19-14-7-4-8-18-16(14)20/h3-9,11H,10,17H2,1-2H3. The lowest BCUT2D eigenvalue weighted by Gasteiger charge is -2.12. The van der Waals surface area contributed by atoms with E-state index >= 15 is 0 Å². The van der Waals surface area contributed by atoms with Gasteiger partial charge in [0, 0.05) is 24.3 Å². The molecule has 0 aliphatic rings. The number of fused-ring (bicyclic) bond motifs is 1. The first-order valence-electron chi connectivity index (χ1n) is 6.83. The normalized spacial score (nSPS) is 11.4. The van der Waals surface area contributed by atoms with Crippen LogP contribution < -0.4 is 5.73 Å². The second-order valence-corrected chi connectivity index (χ2v) is 5.15. The predicted octanol–water partition coefficient (Wildman–Crippen LogP) is 3.14. The smallest absolute Gasteiger partial charge is 0.160 e. The van der Waals surface area contributed by atoms with Crippen LogP contribution >= 0.6 is 0 Å². The number of nitrogens with two attached hydrogens (primary N) is 1. The first-order valence-corrected chi connectivity index (χ1v) is 6.83. The number of aromatic nitrogens is 3. The van der Waals surface area contributed by atoms with E-state index in [1.807, 2.05) is 30.5 Å². The molecule has 2 heterocycles. The number of rotatable bonds is 3. The van der Waals surface area contributed by atoms with Crippen LogP contribution in [0.2, 0.25) is 0 Å². The van der Waals surface area contributed by atoms with Gasteiger partial charge in [0.1, 0.15) is 11.3 Å². The molecule has 0 radical (unpaired) electrons. The van der Waals surface area contributed by atoms with E-state index in [0.29, 0.717) is 12.6 Å². The van der Waals surface area contributed by atoms with E-state index in [1.165, 1.54) is 0 Å². The second-order valence-electron chi connectivity index (χ2n) is 5.15. The van der Waals surface area contributed by atoms with Crippen molar-refractivity contribution < 1.29 is 0 Å². The van der Waals surface area contributed by atoms with Crippen molar-refractivity contribution in [2.45, 2.75) is 26.4 Å². The average molecular weight is 266 g/mol. The Hall–Kier alpha value is -2.20. The summed E-state index contributed by atoms with van der Waals surface area (Å²) in [4.78, 5) is 9.21. The minimum absolute atomic E-state index is 0.298. The molecule has 102 valence electrons. The predicted molar refractivity (Wildman–Crippen MR) is 81.2 cm³/mol. The van der Waals surface area contributed by atoms with Gasteiger partial charge in [-0.15, -0.1) is 0 Å². The maximum absolute atomic E-state index is 5.73. The molecule has 0 bridgehead atoms. The number of benzene rings is 1. The van der Waals surface area contributed by atoms with Crippen LogP contribution in [-0.2, 0) is 6.54 Å². The molecule has 2 N–H and O–H groups in total. The highest BCUT2D eigenvalue weighted by Crippen LogP contribution is 2.27. The van der Waals surface area contributed by atoms with E-state index in [9.17, 15) is 0 Å². The Morgan fingerprint density at radius 1 is 1.20 bits per heavy atom. The van der Waals surface area contributed by atoms with Crippen molar-refractivity contribution in [1.29, 1.82) is 0 Å². The van der Waals surface area contributed by atoms with Gasteiger partial charge in [-0.2, -0.15) is 0 Å². The van der Waals surface area contributed by atoms with Gasteiger partial charge in [-0.3, -0.25) is 0 Å². The van der Waals surface area contributed by atoms with E-state index in [4.69, 9.17) is 10.7 Å². The second kappa shape index (κ2) is 5.06. The van der Waals surface area contributed by atoms with Crippen LogP contribution in [-0.4, -0.2) is 14.5 Å². The van der Waals surface area contributed by atoms with Crippen LogP contribution in [0.5, 0.6) is 0 Å². The molecular weight excluding hydrogens is 248 g/mol. The molecule has 0 fully saturated rings. The minimum Gasteiger partial charge on any atom is -0.326 e. The number of hydrogen-bond acceptors (Lipinski definition) is 3. The lowest BCUT2D eigenvalue weighted by molar-refractivity contribution is 0.619. The van der Waals surface area contributed by atoms with Gasteiger partial charge >= 0.3 is 0 Å². The third-order valence-electron chi connectivity index (χ3n) is 3.39. The fraction of sp³-hybridized carbons (Fsp3) is 0.250. The minimum atomic E-state index is 0.298. The molecule has 3 rings (SSSR count). The van der Waals surface area contributed by atoms with Gasteiger partial charge in [0.05, 0.1) is 0 Å². The van der Waals surface area contributed by atoms with Crippen molar-refractivity contribution >= 4 is 11.2 Å². The number of imidazole rings is 1. The van der Waals surface area contributed by atoms with Gasteiger partial charge in [-0.1, -0.05) is 18.2 Å². The average Bonchev–Trinajstić information content (AvgIpc) is 2.87. The van der Waals surface area contributed by atoms with Crippen molar-refractivity contribution in [3.63, 3.8) is 0 Å². The zero-order valence-corrected chi connectivity index (χ0v) is 11.7. The van der Waals surface area contributed by atoms with E-state index in [-0.39, 0.29) is 0 Å². The molecule has 4 heteroatoms. The summed E-state index contributed by atoms with van der Waals surface area (Å²) in [5.41, 5.74) is 9.77. The summed E-state index contributed by atoms with van der Waals surface area (Å²) >= 11 is 0. The molecule has 20 heavy (non-hydrogen) atoms. The summed E-state index contributed by atoms with van der Waals surface area (Å²) in [7, 11) is 0. The quantitative estimate of drug-likeness (QED) is 0.792. The largest absolute Gasteiger partial charge is 0.326 e. The molecule has 4 nitrogen and oxygen atoms in total.